The molecular weight excluding hydrogens is 214 g/mol. The van der Waals surface area contributed by atoms with Crippen LogP contribution in [0.4, 0.5) is 5.69 Å². The lowest BCUT2D eigenvalue weighted by atomic mass is 10.3. The molecule has 0 saturated carbocycles. The first-order chi connectivity index (χ1) is 7.13. The first kappa shape index (κ1) is 11.9. The summed E-state index contributed by atoms with van der Waals surface area (Å²) in [6.45, 7) is 4.87. The van der Waals surface area contributed by atoms with Crippen molar-refractivity contribution in [2.24, 2.45) is 0 Å². The number of nitrogens with zero attached hydrogens (tertiary/aromatic N) is 1. The van der Waals surface area contributed by atoms with Gasteiger partial charge in [0, 0.05) is 6.20 Å². The highest BCUT2D eigenvalue weighted by atomic mass is 35.5. The second-order valence-electron chi connectivity index (χ2n) is 3.18. The van der Waals surface area contributed by atoms with Gasteiger partial charge in [-0.25, -0.2) is 4.98 Å². The predicted molar refractivity (Wildman–Crippen MR) is 61.2 cm³/mol. The first-order valence-electron chi connectivity index (χ1n) is 4.76. The van der Waals surface area contributed by atoms with Crippen LogP contribution in [-0.4, -0.2) is 24.0 Å². The van der Waals surface area contributed by atoms with Crippen LogP contribution in [0.3, 0.4) is 0 Å². The van der Waals surface area contributed by atoms with Gasteiger partial charge >= 0.3 is 0 Å². The van der Waals surface area contributed by atoms with Crippen molar-refractivity contribution in [1.29, 1.82) is 0 Å². The molecule has 82 valence electrons. The van der Waals surface area contributed by atoms with E-state index < -0.39 is 0 Å². The molecule has 1 aromatic heterocycles. The normalized spacial score (nSPS) is 10.1. The van der Waals surface area contributed by atoms with Gasteiger partial charge in [0.2, 0.25) is 5.91 Å². The number of anilines is 1. The molecule has 0 aliphatic carbocycles. The Morgan fingerprint density at radius 3 is 3.00 bits per heavy atom. The molecular formula is C10H14ClN3O. The number of rotatable bonds is 4. The van der Waals surface area contributed by atoms with Gasteiger partial charge in [0.25, 0.3) is 0 Å². The van der Waals surface area contributed by atoms with Gasteiger partial charge in [-0.05, 0) is 25.1 Å². The summed E-state index contributed by atoms with van der Waals surface area (Å²) in [5.41, 5.74) is 1.51. The van der Waals surface area contributed by atoms with E-state index in [0.717, 1.165) is 12.1 Å². The fraction of sp³-hybridized carbons (Fsp3) is 0.400. The lowest BCUT2D eigenvalue weighted by molar-refractivity contribution is -0.115. The van der Waals surface area contributed by atoms with Crippen molar-refractivity contribution < 1.29 is 4.79 Å². The van der Waals surface area contributed by atoms with Crippen LogP contribution in [0.25, 0.3) is 0 Å². The molecule has 1 aromatic rings. The van der Waals surface area contributed by atoms with Gasteiger partial charge in [-0.15, -0.1) is 0 Å². The van der Waals surface area contributed by atoms with E-state index in [4.69, 9.17) is 11.6 Å². The second-order valence-corrected chi connectivity index (χ2v) is 3.54. The number of hydrogen-bond donors (Lipinski definition) is 2. The number of hydrogen-bond acceptors (Lipinski definition) is 3. The maximum absolute atomic E-state index is 11.4. The molecule has 0 aliphatic heterocycles. The summed E-state index contributed by atoms with van der Waals surface area (Å²) in [5.74, 6) is -0.119. The SMILES string of the molecule is CCNCC(=O)Nc1cc(C)cnc1Cl. The number of nitrogens with one attached hydrogen (secondary N) is 2. The molecule has 15 heavy (non-hydrogen) atoms. The Labute approximate surface area is 94.0 Å². The van der Waals surface area contributed by atoms with Gasteiger partial charge < -0.3 is 10.6 Å². The summed E-state index contributed by atoms with van der Waals surface area (Å²) >= 11 is 5.83. The molecule has 5 heteroatoms. The van der Waals surface area contributed by atoms with E-state index in [-0.39, 0.29) is 12.5 Å². The molecule has 0 aliphatic rings. The van der Waals surface area contributed by atoms with Gasteiger partial charge in [-0.3, -0.25) is 4.79 Å². The highest BCUT2D eigenvalue weighted by Gasteiger charge is 2.05. The smallest absolute Gasteiger partial charge is 0.238 e. The predicted octanol–water partition coefficient (Wildman–Crippen LogP) is 1.59. The van der Waals surface area contributed by atoms with Crippen LogP contribution >= 0.6 is 11.6 Å². The van der Waals surface area contributed by atoms with E-state index in [0.29, 0.717) is 10.8 Å². The number of carbonyl (C=O) groups excluding carboxylic acids is 1. The van der Waals surface area contributed by atoms with Gasteiger partial charge in [0.15, 0.2) is 5.15 Å². The third kappa shape index (κ3) is 3.85. The zero-order chi connectivity index (χ0) is 11.3. The summed E-state index contributed by atoms with van der Waals surface area (Å²) in [6.07, 6.45) is 1.66. The number of likely N-dealkylation sites (N-methyl/N-ethyl adjacent to an activating group) is 1. The second kappa shape index (κ2) is 5.68. The number of pyridine rings is 1. The number of halogens is 1. The third-order valence-electron chi connectivity index (χ3n) is 1.79. The summed E-state index contributed by atoms with van der Waals surface area (Å²) in [4.78, 5) is 15.3. The first-order valence-corrected chi connectivity index (χ1v) is 5.14. The highest BCUT2D eigenvalue weighted by molar-refractivity contribution is 6.32. The minimum Gasteiger partial charge on any atom is -0.322 e. The average molecular weight is 228 g/mol. The lowest BCUT2D eigenvalue weighted by Gasteiger charge is -2.07. The third-order valence-corrected chi connectivity index (χ3v) is 2.09. The maximum atomic E-state index is 11.4. The summed E-state index contributed by atoms with van der Waals surface area (Å²) in [5, 5.41) is 5.93. The Kier molecular flexibility index (Phi) is 4.52. The molecule has 1 amide bonds. The van der Waals surface area contributed by atoms with Crippen LogP contribution in [0.5, 0.6) is 0 Å². The Morgan fingerprint density at radius 1 is 1.60 bits per heavy atom. The standard InChI is InChI=1S/C10H14ClN3O/c1-3-12-6-9(15)14-8-4-7(2)5-13-10(8)11/h4-5,12H,3,6H2,1-2H3,(H,14,15). The van der Waals surface area contributed by atoms with Crippen molar-refractivity contribution in [2.75, 3.05) is 18.4 Å². The van der Waals surface area contributed by atoms with Crippen LogP contribution in [0.2, 0.25) is 5.15 Å². The van der Waals surface area contributed by atoms with E-state index in [9.17, 15) is 4.79 Å². The quantitative estimate of drug-likeness (QED) is 0.769. The molecule has 0 bridgehead atoms. The van der Waals surface area contributed by atoms with Crippen molar-refractivity contribution in [1.82, 2.24) is 10.3 Å². The average Bonchev–Trinajstić information content (AvgIpc) is 2.20. The lowest BCUT2D eigenvalue weighted by Crippen LogP contribution is -2.27. The van der Waals surface area contributed by atoms with E-state index in [2.05, 4.69) is 15.6 Å². The molecule has 4 nitrogen and oxygen atoms in total. The van der Waals surface area contributed by atoms with Gasteiger partial charge in [0.05, 0.1) is 12.2 Å². The number of amides is 1. The Bertz CT molecular complexity index is 355. The van der Waals surface area contributed by atoms with E-state index in [1.165, 1.54) is 0 Å². The van der Waals surface area contributed by atoms with Crippen LogP contribution in [0, 0.1) is 6.92 Å². The van der Waals surface area contributed by atoms with Gasteiger partial charge in [-0.2, -0.15) is 0 Å². The van der Waals surface area contributed by atoms with E-state index in [1.807, 2.05) is 13.8 Å². The number of aryl methyl sites for hydroxylation is 1. The molecule has 0 fully saturated rings. The molecule has 0 saturated heterocycles. The van der Waals surface area contributed by atoms with Crippen molar-refractivity contribution in [3.8, 4) is 0 Å². The van der Waals surface area contributed by atoms with Crippen molar-refractivity contribution >= 4 is 23.2 Å². The monoisotopic (exact) mass is 227 g/mol. The number of carbonyl (C=O) groups is 1. The molecule has 0 radical (unpaired) electrons. The fourth-order valence-electron chi connectivity index (χ4n) is 1.07. The summed E-state index contributed by atoms with van der Waals surface area (Å²) in [6, 6.07) is 1.79. The summed E-state index contributed by atoms with van der Waals surface area (Å²) in [7, 11) is 0. The van der Waals surface area contributed by atoms with E-state index in [1.54, 1.807) is 12.3 Å². The Balaban J connectivity index is 2.63. The van der Waals surface area contributed by atoms with Gasteiger partial charge in [-0.1, -0.05) is 18.5 Å². The molecule has 0 spiro atoms. The van der Waals surface area contributed by atoms with Crippen LogP contribution in [0.15, 0.2) is 12.3 Å². The van der Waals surface area contributed by atoms with Crippen LogP contribution in [0.1, 0.15) is 12.5 Å². The minimum atomic E-state index is -0.119. The van der Waals surface area contributed by atoms with Crippen molar-refractivity contribution in [2.45, 2.75) is 13.8 Å². The molecule has 0 atom stereocenters. The fourth-order valence-corrected chi connectivity index (χ4v) is 1.22. The van der Waals surface area contributed by atoms with Crippen LogP contribution in [-0.2, 0) is 4.79 Å². The zero-order valence-electron chi connectivity index (χ0n) is 8.80. The maximum Gasteiger partial charge on any atom is 0.238 e. The Morgan fingerprint density at radius 2 is 2.33 bits per heavy atom. The summed E-state index contributed by atoms with van der Waals surface area (Å²) < 4.78 is 0. The van der Waals surface area contributed by atoms with Gasteiger partial charge in [0.1, 0.15) is 0 Å². The zero-order valence-corrected chi connectivity index (χ0v) is 9.56. The van der Waals surface area contributed by atoms with Crippen molar-refractivity contribution in [3.05, 3.63) is 23.0 Å². The van der Waals surface area contributed by atoms with E-state index >= 15 is 0 Å². The molecule has 0 aromatic carbocycles. The topological polar surface area (TPSA) is 54.0 Å². The molecule has 1 rings (SSSR count). The largest absolute Gasteiger partial charge is 0.322 e. The molecule has 0 unspecified atom stereocenters. The molecule has 2 N–H and O–H groups in total. The highest BCUT2D eigenvalue weighted by Crippen LogP contribution is 2.19. The van der Waals surface area contributed by atoms with Crippen molar-refractivity contribution in [3.63, 3.8) is 0 Å². The number of aromatic nitrogens is 1. The minimum absolute atomic E-state index is 0.119. The Hall–Kier alpha value is -1.13. The van der Waals surface area contributed by atoms with Crippen LogP contribution < -0.4 is 10.6 Å². The molecule has 1 heterocycles.